The zero-order chi connectivity index (χ0) is 19.2. The maximum atomic E-state index is 12.5. The molecule has 27 heavy (non-hydrogen) atoms. The van der Waals surface area contributed by atoms with Crippen LogP contribution in [-0.2, 0) is 0 Å². The molecule has 0 radical (unpaired) electrons. The molecule has 7 heteroatoms. The highest BCUT2D eigenvalue weighted by Crippen LogP contribution is 2.40. The van der Waals surface area contributed by atoms with E-state index >= 15 is 0 Å². The number of nitrogens with zero attached hydrogens (tertiary/aromatic N) is 1. The molecule has 7 nitrogen and oxygen atoms in total. The summed E-state index contributed by atoms with van der Waals surface area (Å²) in [6.45, 7) is 4.10. The Labute approximate surface area is 164 Å². The Hall–Kier alpha value is -0.890. The summed E-state index contributed by atoms with van der Waals surface area (Å²) in [5.74, 6) is 1.74. The van der Waals surface area contributed by atoms with Gasteiger partial charge in [-0.3, -0.25) is 10.6 Å². The highest BCUT2D eigenvalue weighted by Gasteiger charge is 2.33. The summed E-state index contributed by atoms with van der Waals surface area (Å²) >= 11 is 0. The van der Waals surface area contributed by atoms with E-state index in [1.54, 1.807) is 0 Å². The molecule has 3 rings (SSSR count). The Balaban J connectivity index is 1.40. The van der Waals surface area contributed by atoms with E-state index in [2.05, 4.69) is 52.5 Å². The van der Waals surface area contributed by atoms with Crippen LogP contribution in [0.3, 0.4) is 0 Å². The van der Waals surface area contributed by atoms with E-state index in [-0.39, 0.29) is 18.5 Å². The van der Waals surface area contributed by atoms with E-state index in [0.29, 0.717) is 12.1 Å². The summed E-state index contributed by atoms with van der Waals surface area (Å²) in [5.41, 5.74) is 0. The first-order chi connectivity index (χ1) is 13.0. The lowest BCUT2D eigenvalue weighted by Crippen LogP contribution is -2.68. The molecule has 6 atom stereocenters. The van der Waals surface area contributed by atoms with Gasteiger partial charge in [0.1, 0.15) is 6.29 Å². The number of fused-ring (bicyclic) bond motifs is 1. The average molecular weight is 381 g/mol. The molecule has 0 spiro atoms. The van der Waals surface area contributed by atoms with Crippen molar-refractivity contribution in [1.29, 1.82) is 0 Å². The van der Waals surface area contributed by atoms with Crippen molar-refractivity contribution in [2.24, 2.45) is 11.8 Å². The lowest BCUT2D eigenvalue weighted by atomic mass is 9.69. The quantitative estimate of drug-likeness (QED) is 0.481. The van der Waals surface area contributed by atoms with Gasteiger partial charge in [0, 0.05) is 25.2 Å². The molecule has 0 aromatic rings. The van der Waals surface area contributed by atoms with E-state index in [0.717, 1.165) is 44.2 Å². The molecule has 5 N–H and O–H groups in total. The number of urea groups is 1. The van der Waals surface area contributed by atoms with Crippen LogP contribution in [0.1, 0.15) is 58.3 Å². The van der Waals surface area contributed by atoms with Crippen LogP contribution >= 0.6 is 0 Å². The number of hydrogen-bond acceptors (Lipinski definition) is 5. The summed E-state index contributed by atoms with van der Waals surface area (Å²) in [6.07, 6.45) is 10.1. The van der Waals surface area contributed by atoms with Crippen LogP contribution in [0.2, 0.25) is 0 Å². The van der Waals surface area contributed by atoms with E-state index < -0.39 is 0 Å². The minimum absolute atomic E-state index is 0.0552. The fraction of sp³-hybridized carbons (Fsp3) is 0.950. The van der Waals surface area contributed by atoms with Crippen LogP contribution in [0, 0.1) is 11.8 Å². The zero-order valence-corrected chi connectivity index (χ0v) is 17.4. The van der Waals surface area contributed by atoms with E-state index in [9.17, 15) is 4.79 Å². The van der Waals surface area contributed by atoms with Gasteiger partial charge in [0.2, 0.25) is 0 Å². The molecule has 2 aliphatic carbocycles. The summed E-state index contributed by atoms with van der Waals surface area (Å²) in [7, 11) is 4.16. The zero-order valence-electron chi connectivity index (χ0n) is 17.4. The third-order valence-electron chi connectivity index (χ3n) is 6.51. The fourth-order valence-corrected chi connectivity index (χ4v) is 5.07. The van der Waals surface area contributed by atoms with Crippen LogP contribution < -0.4 is 26.6 Å². The second kappa shape index (κ2) is 10.0. The van der Waals surface area contributed by atoms with Gasteiger partial charge in [0.05, 0.1) is 6.17 Å². The molecule has 6 unspecified atom stereocenters. The van der Waals surface area contributed by atoms with E-state index in [1.165, 1.54) is 32.1 Å². The molecule has 2 saturated carbocycles. The van der Waals surface area contributed by atoms with Crippen LogP contribution in [0.4, 0.5) is 4.79 Å². The van der Waals surface area contributed by atoms with Crippen molar-refractivity contribution in [3.8, 4) is 0 Å². The number of rotatable bonds is 6. The topological polar surface area (TPSA) is 80.5 Å². The average Bonchev–Trinajstić information content (AvgIpc) is 2.60. The SMILES string of the molecule is CC1CC(NCCN(C)C)NC(NC(=O)NC2CCC3CCCCC3C2)N1. The van der Waals surface area contributed by atoms with Crippen molar-refractivity contribution in [1.82, 2.24) is 31.5 Å². The number of amides is 2. The minimum atomic E-state index is -0.198. The Bertz CT molecular complexity index is 473. The highest BCUT2D eigenvalue weighted by molar-refractivity contribution is 5.74. The van der Waals surface area contributed by atoms with E-state index in [4.69, 9.17) is 0 Å². The van der Waals surface area contributed by atoms with Crippen molar-refractivity contribution in [3.63, 3.8) is 0 Å². The predicted molar refractivity (Wildman–Crippen MR) is 109 cm³/mol. The van der Waals surface area contributed by atoms with Gasteiger partial charge in [0.25, 0.3) is 0 Å². The first-order valence-corrected chi connectivity index (χ1v) is 11.0. The van der Waals surface area contributed by atoms with Crippen LogP contribution in [0.15, 0.2) is 0 Å². The Morgan fingerprint density at radius 3 is 2.56 bits per heavy atom. The van der Waals surface area contributed by atoms with Crippen LogP contribution in [-0.4, -0.2) is 62.7 Å². The van der Waals surface area contributed by atoms with Crippen molar-refractivity contribution in [3.05, 3.63) is 0 Å². The highest BCUT2D eigenvalue weighted by atomic mass is 16.2. The van der Waals surface area contributed by atoms with Gasteiger partial charge >= 0.3 is 6.03 Å². The van der Waals surface area contributed by atoms with Gasteiger partial charge in [-0.1, -0.05) is 25.7 Å². The van der Waals surface area contributed by atoms with Crippen LogP contribution in [0.5, 0.6) is 0 Å². The second-order valence-electron chi connectivity index (χ2n) is 9.15. The number of nitrogens with one attached hydrogen (secondary N) is 5. The molecular weight excluding hydrogens is 340 g/mol. The van der Waals surface area contributed by atoms with Gasteiger partial charge in [-0.05, 0) is 58.5 Å². The van der Waals surface area contributed by atoms with Crippen LogP contribution in [0.25, 0.3) is 0 Å². The molecule has 0 aromatic carbocycles. The number of carbonyl (C=O) groups excluding carboxylic acids is 1. The number of hydrogen-bond donors (Lipinski definition) is 5. The standard InChI is InChI=1S/C20H40N6O/c1-14-12-18(21-10-11-26(2)3)24-19(22-14)25-20(27)23-17-9-8-15-6-4-5-7-16(15)13-17/h14-19,21-22,24H,4-13H2,1-3H3,(H2,23,25,27). The van der Waals surface area contributed by atoms with Crippen molar-refractivity contribution in [2.75, 3.05) is 27.2 Å². The van der Waals surface area contributed by atoms with Gasteiger partial charge in [-0.2, -0.15) is 0 Å². The first-order valence-electron chi connectivity index (χ1n) is 11.0. The van der Waals surface area contributed by atoms with Gasteiger partial charge in [0.15, 0.2) is 0 Å². The fourth-order valence-electron chi connectivity index (χ4n) is 5.07. The van der Waals surface area contributed by atoms with Crippen molar-refractivity contribution in [2.45, 2.75) is 82.8 Å². The van der Waals surface area contributed by atoms with Crippen molar-refractivity contribution >= 4 is 6.03 Å². The maximum Gasteiger partial charge on any atom is 0.317 e. The van der Waals surface area contributed by atoms with Crippen molar-refractivity contribution < 1.29 is 4.79 Å². The lowest BCUT2D eigenvalue weighted by Gasteiger charge is -2.40. The molecule has 0 aromatic heterocycles. The summed E-state index contributed by atoms with van der Waals surface area (Å²) < 4.78 is 0. The Kier molecular flexibility index (Phi) is 7.75. The summed E-state index contributed by atoms with van der Waals surface area (Å²) in [5, 5.41) is 16.7. The Morgan fingerprint density at radius 2 is 1.78 bits per heavy atom. The van der Waals surface area contributed by atoms with Gasteiger partial charge in [-0.15, -0.1) is 0 Å². The summed E-state index contributed by atoms with van der Waals surface area (Å²) in [4.78, 5) is 14.7. The molecule has 3 aliphatic rings. The summed E-state index contributed by atoms with van der Waals surface area (Å²) in [6, 6.07) is 0.630. The first kappa shape index (κ1) is 20.8. The molecule has 3 fully saturated rings. The molecule has 1 aliphatic heterocycles. The monoisotopic (exact) mass is 380 g/mol. The molecular formula is C20H40N6O. The molecule has 1 heterocycles. The Morgan fingerprint density at radius 1 is 1.00 bits per heavy atom. The smallest absolute Gasteiger partial charge is 0.317 e. The molecule has 2 amide bonds. The number of likely N-dealkylation sites (N-methyl/N-ethyl adjacent to an activating group) is 1. The third kappa shape index (κ3) is 6.59. The van der Waals surface area contributed by atoms with Gasteiger partial charge in [-0.25, -0.2) is 4.79 Å². The number of carbonyl (C=O) groups is 1. The molecule has 1 saturated heterocycles. The molecule has 0 bridgehead atoms. The van der Waals surface area contributed by atoms with E-state index in [1.807, 2.05) is 0 Å². The second-order valence-corrected chi connectivity index (χ2v) is 9.15. The normalized spacial score (nSPS) is 36.9. The minimum Gasteiger partial charge on any atom is -0.335 e. The third-order valence-corrected chi connectivity index (χ3v) is 6.51. The molecule has 156 valence electrons. The predicted octanol–water partition coefficient (Wildman–Crippen LogP) is 1.38. The maximum absolute atomic E-state index is 12.5. The van der Waals surface area contributed by atoms with Gasteiger partial charge < -0.3 is 20.9 Å². The lowest BCUT2D eigenvalue weighted by molar-refractivity contribution is 0.141. The largest absolute Gasteiger partial charge is 0.335 e.